The molecule has 5 heteroatoms. The summed E-state index contributed by atoms with van der Waals surface area (Å²) >= 11 is 0. The largest absolute Gasteiger partial charge is 0.481 e. The SMILES string of the molecule is N#CCCNC(=O)CC1(CC(=O)O)CCCCC1. The molecule has 0 radical (unpaired) electrons. The lowest BCUT2D eigenvalue weighted by atomic mass is 9.69. The van der Waals surface area contributed by atoms with Gasteiger partial charge in [0.1, 0.15) is 0 Å². The van der Waals surface area contributed by atoms with Gasteiger partial charge >= 0.3 is 5.97 Å². The molecule has 0 spiro atoms. The first-order valence-corrected chi connectivity index (χ1v) is 6.43. The predicted octanol–water partition coefficient (Wildman–Crippen LogP) is 1.83. The Hall–Kier alpha value is -1.57. The second-order valence-corrected chi connectivity index (χ2v) is 5.07. The zero-order chi connectivity index (χ0) is 13.4. The number of aliphatic carboxylic acids is 1. The number of carbonyl (C=O) groups is 2. The fourth-order valence-electron chi connectivity index (χ4n) is 2.70. The van der Waals surface area contributed by atoms with Crippen molar-refractivity contribution in [1.82, 2.24) is 5.32 Å². The Balaban J connectivity index is 2.52. The fraction of sp³-hybridized carbons (Fsp3) is 0.769. The van der Waals surface area contributed by atoms with Crippen molar-refractivity contribution in [3.05, 3.63) is 0 Å². The Kier molecular flexibility index (Phi) is 5.63. The van der Waals surface area contributed by atoms with Gasteiger partial charge in [0, 0.05) is 13.0 Å². The van der Waals surface area contributed by atoms with Gasteiger partial charge in [0.15, 0.2) is 0 Å². The summed E-state index contributed by atoms with van der Waals surface area (Å²) in [4.78, 5) is 22.7. The number of hydrogen-bond donors (Lipinski definition) is 2. The maximum absolute atomic E-state index is 11.8. The van der Waals surface area contributed by atoms with E-state index in [2.05, 4.69) is 5.32 Å². The minimum Gasteiger partial charge on any atom is -0.481 e. The summed E-state index contributed by atoms with van der Waals surface area (Å²) in [6.07, 6.45) is 5.37. The highest BCUT2D eigenvalue weighted by Gasteiger charge is 2.36. The minimum absolute atomic E-state index is 0.0681. The Labute approximate surface area is 107 Å². The molecule has 0 saturated heterocycles. The van der Waals surface area contributed by atoms with Crippen molar-refractivity contribution >= 4 is 11.9 Å². The molecule has 100 valence electrons. The van der Waals surface area contributed by atoms with Crippen LogP contribution in [-0.2, 0) is 9.59 Å². The molecule has 0 atom stereocenters. The van der Waals surface area contributed by atoms with Crippen molar-refractivity contribution in [2.45, 2.75) is 51.4 Å². The van der Waals surface area contributed by atoms with Crippen LogP contribution < -0.4 is 5.32 Å². The molecule has 0 unspecified atom stereocenters. The highest BCUT2D eigenvalue weighted by molar-refractivity contribution is 5.78. The monoisotopic (exact) mass is 252 g/mol. The molecule has 0 aromatic rings. The van der Waals surface area contributed by atoms with Crippen LogP contribution in [0.15, 0.2) is 0 Å². The first-order valence-electron chi connectivity index (χ1n) is 6.43. The Morgan fingerprint density at radius 2 is 1.89 bits per heavy atom. The first kappa shape index (κ1) is 14.5. The van der Waals surface area contributed by atoms with E-state index in [4.69, 9.17) is 10.4 Å². The quantitative estimate of drug-likeness (QED) is 0.706. The van der Waals surface area contributed by atoms with Crippen LogP contribution in [0.1, 0.15) is 51.4 Å². The molecule has 5 nitrogen and oxygen atoms in total. The lowest BCUT2D eigenvalue weighted by Crippen LogP contribution is -2.35. The molecule has 18 heavy (non-hydrogen) atoms. The molecule has 0 aromatic carbocycles. The number of hydrogen-bond acceptors (Lipinski definition) is 3. The maximum atomic E-state index is 11.8. The number of carboxylic acid groups (broad SMARTS) is 1. The third kappa shape index (κ3) is 4.74. The van der Waals surface area contributed by atoms with Gasteiger partial charge in [-0.15, -0.1) is 0 Å². The van der Waals surface area contributed by atoms with E-state index >= 15 is 0 Å². The number of amides is 1. The van der Waals surface area contributed by atoms with Crippen LogP contribution in [0.25, 0.3) is 0 Å². The summed E-state index contributed by atoms with van der Waals surface area (Å²) in [7, 11) is 0. The van der Waals surface area contributed by atoms with Crippen LogP contribution >= 0.6 is 0 Å². The molecular formula is C13H20N2O3. The highest BCUT2D eigenvalue weighted by atomic mass is 16.4. The molecule has 0 aromatic heterocycles. The molecule has 1 aliphatic carbocycles. The summed E-state index contributed by atoms with van der Waals surface area (Å²) in [5, 5.41) is 20.0. The Morgan fingerprint density at radius 3 is 2.44 bits per heavy atom. The van der Waals surface area contributed by atoms with Crippen LogP contribution in [0.4, 0.5) is 0 Å². The number of carboxylic acids is 1. The minimum atomic E-state index is -0.832. The Morgan fingerprint density at radius 1 is 1.22 bits per heavy atom. The van der Waals surface area contributed by atoms with Crippen molar-refractivity contribution in [3.63, 3.8) is 0 Å². The summed E-state index contributed by atoms with van der Waals surface area (Å²) in [5.74, 6) is -0.963. The van der Waals surface area contributed by atoms with Crippen LogP contribution in [-0.4, -0.2) is 23.5 Å². The fourth-order valence-corrected chi connectivity index (χ4v) is 2.70. The van der Waals surface area contributed by atoms with Gasteiger partial charge in [-0.1, -0.05) is 19.3 Å². The summed E-state index contributed by atoms with van der Waals surface area (Å²) < 4.78 is 0. The first-order chi connectivity index (χ1) is 8.58. The topological polar surface area (TPSA) is 90.2 Å². The predicted molar refractivity (Wildman–Crippen MR) is 65.6 cm³/mol. The summed E-state index contributed by atoms with van der Waals surface area (Å²) in [5.41, 5.74) is -0.374. The van der Waals surface area contributed by atoms with Gasteiger partial charge in [-0.3, -0.25) is 9.59 Å². The smallest absolute Gasteiger partial charge is 0.303 e. The van der Waals surface area contributed by atoms with Crippen molar-refractivity contribution in [2.24, 2.45) is 5.41 Å². The molecule has 1 amide bonds. The highest BCUT2D eigenvalue weighted by Crippen LogP contribution is 2.42. The number of nitriles is 1. The van der Waals surface area contributed by atoms with E-state index < -0.39 is 5.97 Å². The normalized spacial score (nSPS) is 17.7. The molecule has 0 aliphatic heterocycles. The Bertz CT molecular complexity index is 341. The molecular weight excluding hydrogens is 232 g/mol. The molecule has 1 aliphatic rings. The van der Waals surface area contributed by atoms with E-state index in [9.17, 15) is 9.59 Å². The van der Waals surface area contributed by atoms with Crippen molar-refractivity contribution in [3.8, 4) is 6.07 Å². The average molecular weight is 252 g/mol. The summed E-state index contributed by atoms with van der Waals surface area (Å²) in [6.45, 7) is 0.346. The number of rotatable bonds is 6. The summed E-state index contributed by atoms with van der Waals surface area (Å²) in [6, 6.07) is 1.96. The van der Waals surface area contributed by atoms with Gasteiger partial charge in [0.05, 0.1) is 18.9 Å². The van der Waals surface area contributed by atoms with E-state index in [0.29, 0.717) is 6.54 Å². The van der Waals surface area contributed by atoms with Gasteiger partial charge in [0.2, 0.25) is 5.91 Å². The van der Waals surface area contributed by atoms with Crippen LogP contribution in [0, 0.1) is 16.7 Å². The molecule has 0 bridgehead atoms. The molecule has 1 rings (SSSR count). The van der Waals surface area contributed by atoms with Crippen molar-refractivity contribution < 1.29 is 14.7 Å². The molecule has 1 saturated carbocycles. The van der Waals surface area contributed by atoms with Gasteiger partial charge in [-0.05, 0) is 18.3 Å². The van der Waals surface area contributed by atoms with E-state index in [1.165, 1.54) is 0 Å². The van der Waals surface area contributed by atoms with E-state index in [1.54, 1.807) is 0 Å². The molecule has 0 heterocycles. The van der Waals surface area contributed by atoms with Crippen LogP contribution in [0.3, 0.4) is 0 Å². The van der Waals surface area contributed by atoms with E-state index in [0.717, 1.165) is 32.1 Å². The molecule has 1 fully saturated rings. The van der Waals surface area contributed by atoms with Crippen LogP contribution in [0.2, 0.25) is 0 Å². The average Bonchev–Trinajstić information content (AvgIpc) is 2.29. The van der Waals surface area contributed by atoms with Gasteiger partial charge < -0.3 is 10.4 Å². The number of nitrogens with zero attached hydrogens (tertiary/aromatic N) is 1. The second kappa shape index (κ2) is 7.00. The van der Waals surface area contributed by atoms with Gasteiger partial charge in [-0.25, -0.2) is 0 Å². The van der Waals surface area contributed by atoms with Crippen molar-refractivity contribution in [2.75, 3.05) is 6.54 Å². The zero-order valence-electron chi connectivity index (χ0n) is 10.6. The molecule has 2 N–H and O–H groups in total. The lowest BCUT2D eigenvalue weighted by Gasteiger charge is -2.35. The van der Waals surface area contributed by atoms with E-state index in [-0.39, 0.29) is 30.6 Å². The van der Waals surface area contributed by atoms with Crippen molar-refractivity contribution in [1.29, 1.82) is 5.26 Å². The number of nitrogens with one attached hydrogen (secondary N) is 1. The third-order valence-corrected chi connectivity index (χ3v) is 3.53. The second-order valence-electron chi connectivity index (χ2n) is 5.07. The van der Waals surface area contributed by atoms with E-state index in [1.807, 2.05) is 6.07 Å². The standard InChI is InChI=1S/C13H20N2O3/c14-7-4-8-15-11(16)9-13(10-12(17)18)5-2-1-3-6-13/h1-6,8-10H2,(H,15,16)(H,17,18). The zero-order valence-corrected chi connectivity index (χ0v) is 10.6. The third-order valence-electron chi connectivity index (χ3n) is 3.53. The van der Waals surface area contributed by atoms with Crippen LogP contribution in [0.5, 0.6) is 0 Å². The number of carbonyl (C=O) groups excluding carboxylic acids is 1. The van der Waals surface area contributed by atoms with Gasteiger partial charge in [0.25, 0.3) is 0 Å². The van der Waals surface area contributed by atoms with Gasteiger partial charge in [-0.2, -0.15) is 5.26 Å². The lowest BCUT2D eigenvalue weighted by molar-refractivity contribution is -0.141. The maximum Gasteiger partial charge on any atom is 0.303 e.